The Kier molecular flexibility index (Phi) is 34.0. The molecule has 0 atom stereocenters. The van der Waals surface area contributed by atoms with Crippen LogP contribution in [0.1, 0.15) is 261 Å². The Morgan fingerprint density at radius 2 is 0.556 bits per heavy atom. The zero-order valence-corrected chi connectivity index (χ0v) is 62.8. The van der Waals surface area contributed by atoms with Gasteiger partial charge in [0.25, 0.3) is 0 Å². The van der Waals surface area contributed by atoms with Crippen molar-refractivity contribution in [3.63, 3.8) is 0 Å². The van der Waals surface area contributed by atoms with Gasteiger partial charge >= 0.3 is 18.3 Å². The zero-order valence-electron chi connectivity index (χ0n) is 62.8. The average molecular weight is 1350 g/mol. The van der Waals surface area contributed by atoms with Crippen molar-refractivity contribution in [2.75, 3.05) is 65.9 Å². The van der Waals surface area contributed by atoms with Crippen LogP contribution in [-0.4, -0.2) is 84.2 Å². The van der Waals surface area contributed by atoms with E-state index in [-0.39, 0.29) is 61.3 Å². The molecule has 0 fully saturated rings. The molecule has 0 unspecified atom stereocenters. The Hall–Kier alpha value is -8.75. The molecule has 8 bridgehead atoms. The highest BCUT2D eigenvalue weighted by atomic mass is 16.6. The van der Waals surface area contributed by atoms with Crippen molar-refractivity contribution < 1.29 is 47.5 Å². The molecular formula is C86H113N3O10. The van der Waals surface area contributed by atoms with Crippen molar-refractivity contribution in [1.82, 2.24) is 16.0 Å². The number of carbonyl (C=O) groups is 3. The lowest BCUT2D eigenvalue weighted by Crippen LogP contribution is -2.25. The number of ether oxygens (including phenoxy) is 7. The first kappa shape index (κ1) is 80.9. The molecule has 13 nitrogen and oxygen atoms in total. The predicted octanol–water partition coefficient (Wildman–Crippen LogP) is 17.4. The van der Waals surface area contributed by atoms with Gasteiger partial charge in [-0.15, -0.1) is 0 Å². The highest BCUT2D eigenvalue weighted by Gasteiger charge is 2.30. The van der Waals surface area contributed by atoms with Gasteiger partial charge < -0.3 is 49.1 Å². The quantitative estimate of drug-likeness (QED) is 0.0263. The molecule has 99 heavy (non-hydrogen) atoms. The Morgan fingerprint density at radius 1 is 0.323 bits per heavy atom. The summed E-state index contributed by atoms with van der Waals surface area (Å²) in [6.07, 6.45) is 10.4. The van der Waals surface area contributed by atoms with Crippen molar-refractivity contribution in [3.05, 3.63) is 115 Å². The topological polar surface area (TPSA) is 152 Å². The second-order valence-electron chi connectivity index (χ2n) is 29.3. The van der Waals surface area contributed by atoms with Crippen LogP contribution >= 0.6 is 0 Å². The van der Waals surface area contributed by atoms with Crippen LogP contribution in [0.25, 0.3) is 0 Å². The summed E-state index contributed by atoms with van der Waals surface area (Å²) in [5.41, 5.74) is 11.5. The molecule has 4 aromatic rings. The van der Waals surface area contributed by atoms with Gasteiger partial charge in [0, 0.05) is 64.6 Å². The first-order valence-corrected chi connectivity index (χ1v) is 36.0. The molecule has 1 aliphatic rings. The number of rotatable bonds is 27. The standard InChI is InChI=1S/C86H113N3O10/c1-17-21-42-87-80(90)97-49-39-33-27-24-30-36-46-94-77-66-52-64-56-72(83(5,6)7)57-65(76(64)93-45-20-4)53-67-59-74(85(11,12)13)61-69(78(67)95-47-37-31-25-28-34-40-50-98-81(91)88-43-22-18-2)55-71-63-75(86(14,15)16)62-70(54-68(77)60-73(58-66)84(8,9)10)79(71)96-48-38-32-26-29-35-41-51-99-82(92)89-44-23-19-3/h56-63H,17-23,33-35,39-55H2,1-16H3,(H,87,90)(H,88,91)(H,89,92). The van der Waals surface area contributed by atoms with E-state index in [0.717, 1.165) is 123 Å². The van der Waals surface area contributed by atoms with Gasteiger partial charge in [-0.25, -0.2) is 14.4 Å². The number of benzene rings is 4. The second kappa shape index (κ2) is 41.6. The fraction of sp³-hybridized carbons (Fsp3) is 0.547. The number of carbonyl (C=O) groups excluding carboxylic acids is 3. The fourth-order valence-electron chi connectivity index (χ4n) is 10.7. The van der Waals surface area contributed by atoms with Gasteiger partial charge in [-0.05, 0) is 187 Å². The normalized spacial score (nSPS) is 11.6. The van der Waals surface area contributed by atoms with Gasteiger partial charge in [-0.1, -0.05) is 196 Å². The molecule has 4 aromatic carbocycles. The molecule has 3 amide bonds. The minimum atomic E-state index is -0.412. The Bertz CT molecular complexity index is 3540. The number of fused-ring (bicyclic) bond motifs is 8. The summed E-state index contributed by atoms with van der Waals surface area (Å²) in [4.78, 5) is 36.3. The van der Waals surface area contributed by atoms with Crippen molar-refractivity contribution >= 4 is 18.3 Å². The lowest BCUT2D eigenvalue weighted by atomic mass is 9.79. The molecule has 532 valence electrons. The maximum atomic E-state index is 12.1. The van der Waals surface area contributed by atoms with Gasteiger partial charge in [-0.2, -0.15) is 0 Å². The number of unbranched alkanes of at least 4 members (excludes halogenated alkanes) is 6. The predicted molar refractivity (Wildman–Crippen MR) is 401 cm³/mol. The smallest absolute Gasteiger partial charge is 0.407 e. The van der Waals surface area contributed by atoms with Gasteiger partial charge in [0.05, 0.1) is 26.4 Å². The van der Waals surface area contributed by atoms with E-state index >= 15 is 0 Å². The third-order valence-electron chi connectivity index (χ3n) is 16.4. The van der Waals surface area contributed by atoms with E-state index in [1.807, 2.05) is 0 Å². The Labute approximate surface area is 595 Å². The summed E-state index contributed by atoms with van der Waals surface area (Å²) < 4.78 is 44.3. The molecule has 1 aliphatic carbocycles. The maximum Gasteiger partial charge on any atom is 0.407 e. The van der Waals surface area contributed by atoms with E-state index in [2.05, 4.69) is 246 Å². The van der Waals surface area contributed by atoms with Crippen molar-refractivity contribution in [2.45, 2.75) is 242 Å². The summed E-state index contributed by atoms with van der Waals surface area (Å²) in [6, 6.07) is 18.4. The highest BCUT2D eigenvalue weighted by Crippen LogP contribution is 2.44. The average Bonchev–Trinajstić information content (AvgIpc) is 0.769. The number of hydrogen-bond acceptors (Lipinski definition) is 10. The maximum absolute atomic E-state index is 12.1. The fourth-order valence-corrected chi connectivity index (χ4v) is 10.7. The summed E-state index contributed by atoms with van der Waals surface area (Å²) >= 11 is 0. The highest BCUT2D eigenvalue weighted by molar-refractivity contribution is 5.68. The number of nitrogens with one attached hydrogen (secondary N) is 3. The lowest BCUT2D eigenvalue weighted by Gasteiger charge is -2.29. The van der Waals surface area contributed by atoms with Crippen LogP contribution in [0, 0.1) is 71.0 Å². The Morgan fingerprint density at radius 3 is 0.778 bits per heavy atom. The minimum Gasteiger partial charge on any atom is -0.493 e. The van der Waals surface area contributed by atoms with Crippen molar-refractivity contribution in [1.29, 1.82) is 0 Å². The number of alkyl carbamates (subject to hydrolysis) is 3. The molecule has 0 saturated heterocycles. The van der Waals surface area contributed by atoms with Crippen LogP contribution in [-0.2, 0) is 61.6 Å². The number of amides is 3. The van der Waals surface area contributed by atoms with Crippen LogP contribution in [0.4, 0.5) is 14.4 Å². The first-order valence-electron chi connectivity index (χ1n) is 36.0. The van der Waals surface area contributed by atoms with E-state index in [9.17, 15) is 14.4 Å². The molecule has 0 heterocycles. The van der Waals surface area contributed by atoms with Gasteiger partial charge in [0.2, 0.25) is 0 Å². The molecule has 0 saturated carbocycles. The van der Waals surface area contributed by atoms with Crippen LogP contribution in [0.2, 0.25) is 0 Å². The minimum absolute atomic E-state index is 0.0548. The molecule has 13 heteroatoms. The molecule has 0 aliphatic heterocycles. The molecule has 0 spiro atoms. The monoisotopic (exact) mass is 1350 g/mol. The molecular weight excluding hydrogens is 1230 g/mol. The van der Waals surface area contributed by atoms with E-state index in [0.29, 0.717) is 96.2 Å². The molecule has 0 aromatic heterocycles. The van der Waals surface area contributed by atoms with Crippen molar-refractivity contribution in [2.24, 2.45) is 0 Å². The van der Waals surface area contributed by atoms with E-state index in [4.69, 9.17) is 33.2 Å². The third kappa shape index (κ3) is 28.9. The van der Waals surface area contributed by atoms with Gasteiger partial charge in [-0.3, -0.25) is 0 Å². The largest absolute Gasteiger partial charge is 0.493 e. The lowest BCUT2D eigenvalue weighted by molar-refractivity contribution is 0.144. The zero-order chi connectivity index (χ0) is 72.3. The van der Waals surface area contributed by atoms with Crippen LogP contribution in [0.15, 0.2) is 48.5 Å². The SMILES string of the molecule is CCCCNC(=O)OCCCC#CC#CCOc1c2cc(C(C)(C)C)cc1Cc1cc(C(C)(C)C)cc(c1OCC#CC#CCCCOC(=O)NCCCC)Cc1cc(C(C)(C)C)cc(c1OCCC)Cc1cc(C(C)(C)C)cc(c1OCC#CC#CCCCOC(=O)NCCCC)C2. The Balaban J connectivity index is 1.75. The summed E-state index contributed by atoms with van der Waals surface area (Å²) in [7, 11) is 0. The number of hydrogen-bond donors (Lipinski definition) is 3. The second-order valence-corrected chi connectivity index (χ2v) is 29.3. The van der Waals surface area contributed by atoms with Crippen LogP contribution < -0.4 is 34.9 Å². The molecule has 5 rings (SSSR count). The van der Waals surface area contributed by atoms with E-state index in [1.165, 1.54) is 5.56 Å². The van der Waals surface area contributed by atoms with Crippen LogP contribution in [0.3, 0.4) is 0 Å². The van der Waals surface area contributed by atoms with Gasteiger partial charge in [0.1, 0.15) is 42.8 Å². The van der Waals surface area contributed by atoms with Crippen molar-refractivity contribution in [3.8, 4) is 94.0 Å². The van der Waals surface area contributed by atoms with E-state index < -0.39 is 18.3 Å². The van der Waals surface area contributed by atoms with Crippen LogP contribution in [0.5, 0.6) is 23.0 Å². The van der Waals surface area contributed by atoms with E-state index in [1.54, 1.807) is 0 Å². The molecule has 3 N–H and O–H groups in total. The summed E-state index contributed by atoms with van der Waals surface area (Å²) in [5, 5.41) is 8.35. The summed E-state index contributed by atoms with van der Waals surface area (Å²) in [5.74, 6) is 40.2. The third-order valence-corrected chi connectivity index (χ3v) is 16.4. The summed E-state index contributed by atoms with van der Waals surface area (Å²) in [6.45, 7) is 38.7. The van der Waals surface area contributed by atoms with Gasteiger partial charge in [0.15, 0.2) is 0 Å². The molecule has 0 radical (unpaired) electrons. The first-order chi connectivity index (χ1) is 47.3.